The van der Waals surface area contributed by atoms with Crippen molar-refractivity contribution in [1.82, 2.24) is 0 Å². The first-order valence-corrected chi connectivity index (χ1v) is 6.09. The third-order valence-electron chi connectivity index (χ3n) is 2.28. The van der Waals surface area contributed by atoms with Crippen LogP contribution in [0.3, 0.4) is 0 Å². The van der Waals surface area contributed by atoms with Crippen molar-refractivity contribution in [3.05, 3.63) is 28.8 Å². The van der Waals surface area contributed by atoms with E-state index in [1.165, 1.54) is 6.07 Å². The number of ether oxygens (including phenoxy) is 1. The molecular formula is C13H15ClO4. The quantitative estimate of drug-likeness (QED) is 0.773. The van der Waals surface area contributed by atoms with Gasteiger partial charge in [0.2, 0.25) is 0 Å². The zero-order chi connectivity index (χ0) is 13.5. The van der Waals surface area contributed by atoms with E-state index in [1.807, 2.05) is 6.92 Å². The summed E-state index contributed by atoms with van der Waals surface area (Å²) in [6.07, 6.45) is 0.668. The molecule has 0 spiro atoms. The van der Waals surface area contributed by atoms with Crippen molar-refractivity contribution in [3.8, 4) is 5.75 Å². The van der Waals surface area contributed by atoms with Crippen LogP contribution in [0.4, 0.5) is 0 Å². The maximum atomic E-state index is 11.7. The lowest BCUT2D eigenvalue weighted by molar-refractivity contribution is -0.136. The smallest absolute Gasteiger partial charge is 0.303 e. The number of hydrogen-bond acceptors (Lipinski definition) is 3. The van der Waals surface area contributed by atoms with Crippen LogP contribution in [0.15, 0.2) is 18.2 Å². The number of halogens is 1. The van der Waals surface area contributed by atoms with Crippen LogP contribution in [0.2, 0.25) is 5.02 Å². The zero-order valence-electron chi connectivity index (χ0n) is 10.1. The molecule has 98 valence electrons. The van der Waals surface area contributed by atoms with Crippen LogP contribution in [-0.4, -0.2) is 23.5 Å². The van der Waals surface area contributed by atoms with E-state index in [9.17, 15) is 9.59 Å². The normalized spacial score (nSPS) is 10.1. The molecule has 1 N–H and O–H groups in total. The molecule has 0 unspecified atom stereocenters. The largest absolute Gasteiger partial charge is 0.492 e. The number of aliphatic carboxylic acids is 1. The minimum absolute atomic E-state index is 0.0270. The number of ketones is 1. The Balaban J connectivity index is 2.71. The Morgan fingerprint density at radius 2 is 2.06 bits per heavy atom. The van der Waals surface area contributed by atoms with Gasteiger partial charge in [-0.15, -0.1) is 0 Å². The Bertz CT molecular complexity index is 443. The van der Waals surface area contributed by atoms with Gasteiger partial charge in [0.15, 0.2) is 5.78 Å². The molecular weight excluding hydrogens is 256 g/mol. The van der Waals surface area contributed by atoms with Crippen molar-refractivity contribution in [2.45, 2.75) is 26.2 Å². The van der Waals surface area contributed by atoms with Gasteiger partial charge >= 0.3 is 5.97 Å². The van der Waals surface area contributed by atoms with Gasteiger partial charge in [-0.3, -0.25) is 9.59 Å². The van der Waals surface area contributed by atoms with Crippen LogP contribution < -0.4 is 4.74 Å². The third-order valence-corrected chi connectivity index (χ3v) is 2.58. The summed E-state index contributed by atoms with van der Waals surface area (Å²) in [4.78, 5) is 22.0. The summed E-state index contributed by atoms with van der Waals surface area (Å²) in [5, 5.41) is 8.87. The first-order valence-electron chi connectivity index (χ1n) is 5.72. The van der Waals surface area contributed by atoms with Gasteiger partial charge in [0.25, 0.3) is 0 Å². The molecule has 1 aromatic rings. The average Bonchev–Trinajstić information content (AvgIpc) is 2.34. The van der Waals surface area contributed by atoms with Crippen LogP contribution in [0.25, 0.3) is 0 Å². The van der Waals surface area contributed by atoms with Gasteiger partial charge in [-0.05, 0) is 24.6 Å². The molecule has 0 amide bonds. The SMILES string of the molecule is CCCOc1ccc(C(=O)CCC(=O)O)cc1Cl. The average molecular weight is 271 g/mol. The molecule has 1 rings (SSSR count). The molecule has 0 aliphatic carbocycles. The fourth-order valence-electron chi connectivity index (χ4n) is 1.37. The van der Waals surface area contributed by atoms with Crippen molar-refractivity contribution in [3.63, 3.8) is 0 Å². The second-order valence-electron chi connectivity index (χ2n) is 3.81. The molecule has 0 fully saturated rings. The van der Waals surface area contributed by atoms with E-state index in [4.69, 9.17) is 21.4 Å². The standard InChI is InChI=1S/C13H15ClO4/c1-2-7-18-12-5-3-9(8-10(12)14)11(15)4-6-13(16)17/h3,5,8H,2,4,6-7H2,1H3,(H,16,17). The summed E-state index contributed by atoms with van der Waals surface area (Å²) < 4.78 is 5.38. The third kappa shape index (κ3) is 4.37. The van der Waals surface area contributed by atoms with Gasteiger partial charge in [0.1, 0.15) is 5.75 Å². The van der Waals surface area contributed by atoms with Crippen molar-refractivity contribution in [2.24, 2.45) is 0 Å². The summed E-state index contributed by atoms with van der Waals surface area (Å²) >= 11 is 5.98. The molecule has 5 heteroatoms. The molecule has 1 aromatic carbocycles. The van der Waals surface area contributed by atoms with Gasteiger partial charge < -0.3 is 9.84 Å². The van der Waals surface area contributed by atoms with Crippen molar-refractivity contribution in [2.75, 3.05) is 6.61 Å². The Labute approximate surface area is 111 Å². The predicted molar refractivity (Wildman–Crippen MR) is 68.4 cm³/mol. The van der Waals surface area contributed by atoms with Crippen LogP contribution in [0, 0.1) is 0 Å². The van der Waals surface area contributed by atoms with Crippen LogP contribution >= 0.6 is 11.6 Å². The molecule has 0 saturated carbocycles. The number of carboxylic acid groups (broad SMARTS) is 1. The summed E-state index contributed by atoms with van der Waals surface area (Å²) in [6.45, 7) is 2.55. The van der Waals surface area contributed by atoms with Gasteiger partial charge in [0, 0.05) is 12.0 Å². The van der Waals surface area contributed by atoms with Gasteiger partial charge in [0.05, 0.1) is 18.1 Å². The van der Waals surface area contributed by atoms with E-state index < -0.39 is 5.97 Å². The van der Waals surface area contributed by atoms with Crippen molar-refractivity contribution < 1.29 is 19.4 Å². The maximum Gasteiger partial charge on any atom is 0.303 e. The molecule has 0 atom stereocenters. The highest BCUT2D eigenvalue weighted by molar-refractivity contribution is 6.32. The fraction of sp³-hybridized carbons (Fsp3) is 0.385. The Morgan fingerprint density at radius 3 is 2.61 bits per heavy atom. The molecule has 4 nitrogen and oxygen atoms in total. The summed E-state index contributed by atoms with van der Waals surface area (Å²) in [7, 11) is 0. The highest BCUT2D eigenvalue weighted by Crippen LogP contribution is 2.26. The minimum Gasteiger partial charge on any atom is -0.492 e. The van der Waals surface area contributed by atoms with E-state index in [0.29, 0.717) is 22.9 Å². The number of carboxylic acids is 1. The number of carbonyl (C=O) groups excluding carboxylic acids is 1. The van der Waals surface area contributed by atoms with Gasteiger partial charge in [-0.2, -0.15) is 0 Å². The first kappa shape index (κ1) is 14.5. The van der Waals surface area contributed by atoms with Gasteiger partial charge in [-0.25, -0.2) is 0 Å². The monoisotopic (exact) mass is 270 g/mol. The van der Waals surface area contributed by atoms with E-state index in [1.54, 1.807) is 12.1 Å². The highest BCUT2D eigenvalue weighted by atomic mass is 35.5. The Kier molecular flexibility index (Phi) is 5.65. The fourth-order valence-corrected chi connectivity index (χ4v) is 1.60. The summed E-state index contributed by atoms with van der Waals surface area (Å²) in [6, 6.07) is 4.74. The van der Waals surface area contributed by atoms with E-state index in [2.05, 4.69) is 0 Å². The molecule has 18 heavy (non-hydrogen) atoms. The predicted octanol–water partition coefficient (Wildman–Crippen LogP) is 3.18. The second kappa shape index (κ2) is 7.01. The van der Waals surface area contributed by atoms with Crippen molar-refractivity contribution in [1.29, 1.82) is 0 Å². The lowest BCUT2D eigenvalue weighted by Gasteiger charge is -2.08. The second-order valence-corrected chi connectivity index (χ2v) is 4.22. The maximum absolute atomic E-state index is 11.7. The summed E-state index contributed by atoms with van der Waals surface area (Å²) in [5.41, 5.74) is 0.407. The molecule has 0 radical (unpaired) electrons. The number of benzene rings is 1. The Morgan fingerprint density at radius 1 is 1.33 bits per heavy atom. The number of rotatable bonds is 7. The van der Waals surface area contributed by atoms with E-state index in [0.717, 1.165) is 6.42 Å². The molecule has 0 saturated heterocycles. The lowest BCUT2D eigenvalue weighted by Crippen LogP contribution is -2.04. The van der Waals surface area contributed by atoms with Gasteiger partial charge in [-0.1, -0.05) is 18.5 Å². The molecule has 0 aromatic heterocycles. The van der Waals surface area contributed by atoms with Crippen LogP contribution in [-0.2, 0) is 4.79 Å². The first-order chi connectivity index (χ1) is 8.54. The number of carbonyl (C=O) groups is 2. The number of Topliss-reactive ketones (excluding diaryl/α,β-unsaturated/α-hetero) is 1. The minimum atomic E-state index is -0.989. The topological polar surface area (TPSA) is 63.6 Å². The summed E-state index contributed by atoms with van der Waals surface area (Å²) in [5.74, 6) is -0.688. The molecule has 0 aliphatic heterocycles. The van der Waals surface area contributed by atoms with Crippen molar-refractivity contribution >= 4 is 23.4 Å². The number of hydrogen-bond donors (Lipinski definition) is 1. The molecule has 0 heterocycles. The molecule has 0 aliphatic rings. The van der Waals surface area contributed by atoms with Crippen LogP contribution in [0.5, 0.6) is 5.75 Å². The van der Waals surface area contributed by atoms with E-state index in [-0.39, 0.29) is 18.6 Å². The van der Waals surface area contributed by atoms with Crippen LogP contribution in [0.1, 0.15) is 36.5 Å². The Hall–Kier alpha value is -1.55. The molecule has 0 bridgehead atoms. The highest BCUT2D eigenvalue weighted by Gasteiger charge is 2.11. The zero-order valence-corrected chi connectivity index (χ0v) is 10.9. The van der Waals surface area contributed by atoms with E-state index >= 15 is 0 Å². The lowest BCUT2D eigenvalue weighted by atomic mass is 10.1.